The van der Waals surface area contributed by atoms with Crippen LogP contribution < -0.4 is 9.64 Å². The monoisotopic (exact) mass is 326 g/mol. The van der Waals surface area contributed by atoms with E-state index in [1.54, 1.807) is 17.5 Å². The highest BCUT2D eigenvalue weighted by Crippen LogP contribution is 2.31. The minimum Gasteiger partial charge on any atom is -0.477 e. The van der Waals surface area contributed by atoms with Gasteiger partial charge in [-0.3, -0.25) is 4.98 Å². The third kappa shape index (κ3) is 3.27. The summed E-state index contributed by atoms with van der Waals surface area (Å²) in [6, 6.07) is 7.78. The van der Waals surface area contributed by atoms with E-state index in [1.807, 2.05) is 36.7 Å². The van der Waals surface area contributed by atoms with Crippen molar-refractivity contribution in [3.63, 3.8) is 0 Å². The molecule has 5 nitrogen and oxygen atoms in total. The second-order valence-corrected chi connectivity index (χ2v) is 6.78. The van der Waals surface area contributed by atoms with Crippen molar-refractivity contribution < 1.29 is 4.74 Å². The number of aromatic nitrogens is 3. The van der Waals surface area contributed by atoms with E-state index in [1.165, 1.54) is 17.5 Å². The van der Waals surface area contributed by atoms with Crippen molar-refractivity contribution >= 4 is 26.7 Å². The number of pyridine rings is 2. The molecule has 4 heterocycles. The van der Waals surface area contributed by atoms with Gasteiger partial charge in [0, 0.05) is 37.5 Å². The Kier molecular flexibility index (Phi) is 4.06. The highest BCUT2D eigenvalue weighted by Gasteiger charge is 2.23. The zero-order valence-electron chi connectivity index (χ0n) is 12.8. The predicted octanol–water partition coefficient (Wildman–Crippen LogP) is 3.38. The quantitative estimate of drug-likeness (QED) is 0.735. The summed E-state index contributed by atoms with van der Waals surface area (Å²) >= 11 is 1.74. The number of fused-ring (bicyclic) bond motifs is 1. The number of rotatable bonds is 4. The largest absolute Gasteiger partial charge is 0.477 e. The van der Waals surface area contributed by atoms with E-state index in [0.717, 1.165) is 23.7 Å². The standard InChI is InChI=1S/C17H18N4OS/c1-2-7-19-16(5-1)22-12-13-4-3-9-21(11-13)17-20-14-10-18-8-6-15(14)23-17/h1-2,5-8,10,13H,3-4,9,11-12H2. The Bertz CT molecular complexity index is 743. The SMILES string of the molecule is c1ccc(OCC2CCCN(c3nc4cnccc4s3)C2)nc1. The van der Waals surface area contributed by atoms with Crippen molar-refractivity contribution in [2.24, 2.45) is 5.92 Å². The first-order valence-corrected chi connectivity index (χ1v) is 8.69. The molecule has 0 saturated carbocycles. The van der Waals surface area contributed by atoms with Crippen LogP contribution in [-0.2, 0) is 0 Å². The lowest BCUT2D eigenvalue weighted by Crippen LogP contribution is -2.37. The van der Waals surface area contributed by atoms with E-state index in [2.05, 4.69) is 14.9 Å². The molecule has 0 amide bonds. The van der Waals surface area contributed by atoms with Crippen molar-refractivity contribution in [1.82, 2.24) is 15.0 Å². The fraction of sp³-hybridized carbons (Fsp3) is 0.353. The van der Waals surface area contributed by atoms with Crippen molar-refractivity contribution in [2.75, 3.05) is 24.6 Å². The highest BCUT2D eigenvalue weighted by molar-refractivity contribution is 7.22. The normalized spacial score (nSPS) is 18.3. The molecule has 0 radical (unpaired) electrons. The molecule has 0 N–H and O–H groups in total. The van der Waals surface area contributed by atoms with Crippen LogP contribution >= 0.6 is 11.3 Å². The zero-order valence-corrected chi connectivity index (χ0v) is 13.6. The van der Waals surface area contributed by atoms with Crippen LogP contribution in [0.5, 0.6) is 5.88 Å². The van der Waals surface area contributed by atoms with Gasteiger partial charge >= 0.3 is 0 Å². The van der Waals surface area contributed by atoms with Gasteiger partial charge in [-0.1, -0.05) is 17.4 Å². The molecule has 1 aliphatic heterocycles. The summed E-state index contributed by atoms with van der Waals surface area (Å²) in [7, 11) is 0. The number of ether oxygens (including phenoxy) is 1. The molecule has 1 fully saturated rings. The topological polar surface area (TPSA) is 51.1 Å². The maximum atomic E-state index is 5.82. The third-order valence-electron chi connectivity index (χ3n) is 4.07. The van der Waals surface area contributed by atoms with Crippen LogP contribution in [0.25, 0.3) is 10.2 Å². The molecule has 0 spiro atoms. The number of nitrogens with zero attached hydrogens (tertiary/aromatic N) is 4. The first-order valence-electron chi connectivity index (χ1n) is 7.88. The number of anilines is 1. The Morgan fingerprint density at radius 3 is 3.13 bits per heavy atom. The zero-order chi connectivity index (χ0) is 15.5. The van der Waals surface area contributed by atoms with Gasteiger partial charge in [0.1, 0.15) is 5.52 Å². The van der Waals surface area contributed by atoms with E-state index >= 15 is 0 Å². The predicted molar refractivity (Wildman–Crippen MR) is 92.1 cm³/mol. The van der Waals surface area contributed by atoms with Crippen molar-refractivity contribution in [3.8, 4) is 5.88 Å². The van der Waals surface area contributed by atoms with Gasteiger partial charge in [-0.2, -0.15) is 0 Å². The number of hydrogen-bond acceptors (Lipinski definition) is 6. The molecule has 4 rings (SSSR count). The van der Waals surface area contributed by atoms with Gasteiger partial charge in [0.25, 0.3) is 0 Å². The minimum absolute atomic E-state index is 0.510. The molecule has 1 aliphatic rings. The maximum Gasteiger partial charge on any atom is 0.213 e. The molecule has 3 aromatic rings. The van der Waals surface area contributed by atoms with Gasteiger partial charge in [-0.25, -0.2) is 9.97 Å². The van der Waals surface area contributed by atoms with Crippen molar-refractivity contribution in [3.05, 3.63) is 42.9 Å². The molecule has 23 heavy (non-hydrogen) atoms. The van der Waals surface area contributed by atoms with Crippen LogP contribution in [0.2, 0.25) is 0 Å². The number of thiazole rings is 1. The summed E-state index contributed by atoms with van der Waals surface area (Å²) in [5.41, 5.74) is 0.986. The molecule has 6 heteroatoms. The van der Waals surface area contributed by atoms with Gasteiger partial charge < -0.3 is 9.64 Å². The lowest BCUT2D eigenvalue weighted by Gasteiger charge is -2.32. The molecular formula is C17H18N4OS. The Morgan fingerprint density at radius 1 is 1.26 bits per heavy atom. The summed E-state index contributed by atoms with van der Waals surface area (Å²) < 4.78 is 7.02. The van der Waals surface area contributed by atoms with Gasteiger partial charge in [0.15, 0.2) is 5.13 Å². The minimum atomic E-state index is 0.510. The maximum absolute atomic E-state index is 5.82. The molecule has 118 valence electrons. The lowest BCUT2D eigenvalue weighted by atomic mass is 9.99. The number of piperidine rings is 1. The van der Waals surface area contributed by atoms with Gasteiger partial charge in [-0.05, 0) is 25.0 Å². The second kappa shape index (κ2) is 6.50. The van der Waals surface area contributed by atoms with Gasteiger partial charge in [0.2, 0.25) is 5.88 Å². The summed E-state index contributed by atoms with van der Waals surface area (Å²) in [4.78, 5) is 15.5. The van der Waals surface area contributed by atoms with E-state index in [9.17, 15) is 0 Å². The molecule has 0 aliphatic carbocycles. The van der Waals surface area contributed by atoms with Gasteiger partial charge in [-0.15, -0.1) is 0 Å². The van der Waals surface area contributed by atoms with E-state index in [0.29, 0.717) is 18.4 Å². The Balaban J connectivity index is 1.42. The second-order valence-electron chi connectivity index (χ2n) is 5.77. The van der Waals surface area contributed by atoms with Crippen LogP contribution in [0.15, 0.2) is 42.9 Å². The fourth-order valence-corrected chi connectivity index (χ4v) is 3.88. The van der Waals surface area contributed by atoms with E-state index in [-0.39, 0.29) is 0 Å². The summed E-state index contributed by atoms with van der Waals surface area (Å²) in [5, 5.41) is 1.09. The first kappa shape index (κ1) is 14.4. The van der Waals surface area contributed by atoms with Crippen LogP contribution in [0.4, 0.5) is 5.13 Å². The molecule has 0 bridgehead atoms. The molecule has 0 aromatic carbocycles. The molecule has 1 unspecified atom stereocenters. The van der Waals surface area contributed by atoms with Crippen LogP contribution in [0.1, 0.15) is 12.8 Å². The summed E-state index contributed by atoms with van der Waals surface area (Å²) in [6.45, 7) is 2.76. The molecule has 1 saturated heterocycles. The first-order chi connectivity index (χ1) is 11.4. The lowest BCUT2D eigenvalue weighted by molar-refractivity contribution is 0.222. The molecule has 1 atom stereocenters. The van der Waals surface area contributed by atoms with E-state index < -0.39 is 0 Å². The van der Waals surface area contributed by atoms with E-state index in [4.69, 9.17) is 9.72 Å². The average molecular weight is 326 g/mol. The Labute approximate surface area is 139 Å². The molecule has 3 aromatic heterocycles. The number of hydrogen-bond donors (Lipinski definition) is 0. The fourth-order valence-electron chi connectivity index (χ4n) is 2.91. The smallest absolute Gasteiger partial charge is 0.213 e. The Morgan fingerprint density at radius 2 is 2.26 bits per heavy atom. The Hall–Kier alpha value is -2.21. The highest BCUT2D eigenvalue weighted by atomic mass is 32.1. The summed E-state index contributed by atoms with van der Waals surface area (Å²) in [6.07, 6.45) is 7.78. The van der Waals surface area contributed by atoms with Crippen molar-refractivity contribution in [1.29, 1.82) is 0 Å². The van der Waals surface area contributed by atoms with Crippen LogP contribution in [-0.4, -0.2) is 34.6 Å². The van der Waals surface area contributed by atoms with Crippen molar-refractivity contribution in [2.45, 2.75) is 12.8 Å². The van der Waals surface area contributed by atoms with Crippen LogP contribution in [0, 0.1) is 5.92 Å². The van der Waals surface area contributed by atoms with Gasteiger partial charge in [0.05, 0.1) is 17.5 Å². The third-order valence-corrected chi connectivity index (χ3v) is 5.17. The van der Waals surface area contributed by atoms with Crippen LogP contribution in [0.3, 0.4) is 0 Å². The molecular weight excluding hydrogens is 308 g/mol. The summed E-state index contributed by atoms with van der Waals surface area (Å²) in [5.74, 6) is 1.21. The average Bonchev–Trinajstić information content (AvgIpc) is 3.05.